The zero-order valence-electron chi connectivity index (χ0n) is 10.6. The van der Waals surface area contributed by atoms with Crippen molar-refractivity contribution in [1.82, 2.24) is 4.98 Å². The minimum absolute atomic E-state index is 0.193. The zero-order valence-corrected chi connectivity index (χ0v) is 10.6. The molecule has 4 N–H and O–H groups in total. The van der Waals surface area contributed by atoms with Gasteiger partial charge in [-0.2, -0.15) is 0 Å². The van der Waals surface area contributed by atoms with E-state index in [9.17, 15) is 14.7 Å². The number of carbonyl (C=O) groups is 2. The van der Waals surface area contributed by atoms with Crippen molar-refractivity contribution in [2.75, 3.05) is 11.9 Å². The van der Waals surface area contributed by atoms with Crippen LogP contribution in [0.3, 0.4) is 0 Å². The molecule has 2 atom stereocenters. The Balaban J connectivity index is 2.49. The monoisotopic (exact) mass is 267 g/mol. The van der Waals surface area contributed by atoms with E-state index in [1.54, 1.807) is 25.3 Å². The molecule has 1 amide bonds. The van der Waals surface area contributed by atoms with Gasteiger partial charge in [0.25, 0.3) is 0 Å². The molecule has 0 saturated heterocycles. The molecule has 7 heteroatoms. The molecule has 0 aromatic carbocycles. The highest BCUT2D eigenvalue weighted by Crippen LogP contribution is 2.03. The number of aliphatic hydroxyl groups excluding tert-OH is 1. The molecule has 1 aromatic rings. The first-order chi connectivity index (χ1) is 8.99. The molecular formula is C12H17N3O4. The minimum atomic E-state index is -1.33. The Kier molecular flexibility index (Phi) is 5.91. The molecule has 7 nitrogen and oxygen atoms in total. The van der Waals surface area contributed by atoms with Gasteiger partial charge in [0.05, 0.1) is 30.4 Å². The number of hydrogen-bond acceptors (Lipinski definition) is 5. The fraction of sp³-hybridized carbons (Fsp3) is 0.417. The molecule has 104 valence electrons. The predicted octanol–water partition coefficient (Wildman–Crippen LogP) is -2.53. The molecular weight excluding hydrogens is 250 g/mol. The van der Waals surface area contributed by atoms with E-state index in [1.807, 2.05) is 0 Å². The minimum Gasteiger partial charge on any atom is -0.544 e. The van der Waals surface area contributed by atoms with E-state index < -0.39 is 24.0 Å². The van der Waals surface area contributed by atoms with Gasteiger partial charge in [0, 0.05) is 6.20 Å². The maximum atomic E-state index is 11.7. The van der Waals surface area contributed by atoms with Crippen LogP contribution in [0, 0.1) is 0 Å². The molecule has 1 aromatic heterocycles. The van der Waals surface area contributed by atoms with Crippen molar-refractivity contribution in [2.24, 2.45) is 0 Å². The smallest absolute Gasteiger partial charge is 0.230 e. The summed E-state index contributed by atoms with van der Waals surface area (Å²) in [6.07, 6.45) is 2.15. The van der Waals surface area contributed by atoms with Crippen LogP contribution in [-0.4, -0.2) is 40.7 Å². The Bertz CT molecular complexity index is 422. The number of quaternary nitrogens is 1. The van der Waals surface area contributed by atoms with Crippen LogP contribution in [0.25, 0.3) is 0 Å². The lowest BCUT2D eigenvalue weighted by atomic mass is 10.2. The van der Waals surface area contributed by atoms with Crippen LogP contribution < -0.4 is 15.7 Å². The number of aromatic nitrogens is 1. The average Bonchev–Trinajstić information content (AvgIpc) is 2.35. The van der Waals surface area contributed by atoms with Crippen molar-refractivity contribution in [1.29, 1.82) is 0 Å². The molecule has 0 aliphatic heterocycles. The number of nitrogens with zero attached hydrogens (tertiary/aromatic N) is 1. The number of rotatable bonds is 7. The largest absolute Gasteiger partial charge is 0.544 e. The van der Waals surface area contributed by atoms with Crippen LogP contribution in [0.15, 0.2) is 24.5 Å². The normalized spacial score (nSPS) is 13.6. The highest BCUT2D eigenvalue weighted by Gasteiger charge is 2.19. The summed E-state index contributed by atoms with van der Waals surface area (Å²) in [4.78, 5) is 26.4. The lowest BCUT2D eigenvalue weighted by Gasteiger charge is -2.17. The number of carboxylic acid groups (broad SMARTS) is 1. The van der Waals surface area contributed by atoms with Crippen LogP contribution in [0.5, 0.6) is 0 Å². The van der Waals surface area contributed by atoms with Gasteiger partial charge in [-0.15, -0.1) is 0 Å². The van der Waals surface area contributed by atoms with Crippen LogP contribution in [0.1, 0.15) is 13.3 Å². The third kappa shape index (κ3) is 5.94. The topological polar surface area (TPSA) is 119 Å². The maximum absolute atomic E-state index is 11.7. The summed E-state index contributed by atoms with van der Waals surface area (Å²) in [7, 11) is 0. The third-order valence-electron chi connectivity index (χ3n) is 2.42. The second kappa shape index (κ2) is 7.45. The van der Waals surface area contributed by atoms with E-state index in [4.69, 9.17) is 5.11 Å². The highest BCUT2D eigenvalue weighted by molar-refractivity contribution is 5.93. The van der Waals surface area contributed by atoms with Gasteiger partial charge < -0.3 is 25.6 Å². The third-order valence-corrected chi connectivity index (χ3v) is 2.42. The number of aliphatic hydroxyl groups is 1. The molecule has 0 aliphatic rings. The number of hydrogen-bond donors (Lipinski definition) is 3. The number of nitrogens with two attached hydrogens (primary N) is 1. The van der Waals surface area contributed by atoms with Gasteiger partial charge >= 0.3 is 0 Å². The molecule has 1 heterocycles. The van der Waals surface area contributed by atoms with Gasteiger partial charge in [0.1, 0.15) is 12.6 Å². The van der Waals surface area contributed by atoms with E-state index >= 15 is 0 Å². The van der Waals surface area contributed by atoms with Gasteiger partial charge in [0.2, 0.25) is 5.91 Å². The number of carbonyl (C=O) groups excluding carboxylic acids is 2. The summed E-state index contributed by atoms with van der Waals surface area (Å²) in [5, 5.41) is 23.9. The fourth-order valence-corrected chi connectivity index (χ4v) is 1.47. The van der Waals surface area contributed by atoms with Crippen molar-refractivity contribution in [3.8, 4) is 0 Å². The van der Waals surface area contributed by atoms with Gasteiger partial charge in [-0.25, -0.2) is 0 Å². The first kappa shape index (κ1) is 15.1. The first-order valence-electron chi connectivity index (χ1n) is 5.91. The molecule has 0 fully saturated rings. The summed E-state index contributed by atoms with van der Waals surface area (Å²) < 4.78 is 0. The van der Waals surface area contributed by atoms with E-state index in [0.29, 0.717) is 5.69 Å². The second-order valence-electron chi connectivity index (χ2n) is 4.24. The lowest BCUT2D eigenvalue weighted by Crippen LogP contribution is -2.94. The van der Waals surface area contributed by atoms with Crippen LogP contribution >= 0.6 is 0 Å². The van der Waals surface area contributed by atoms with Crippen molar-refractivity contribution in [3.63, 3.8) is 0 Å². The first-order valence-corrected chi connectivity index (χ1v) is 5.91. The van der Waals surface area contributed by atoms with Crippen LogP contribution in [-0.2, 0) is 9.59 Å². The number of anilines is 1. The Morgan fingerprint density at radius 1 is 1.58 bits per heavy atom. The van der Waals surface area contributed by atoms with Crippen LogP contribution in [0.2, 0.25) is 0 Å². The molecule has 1 rings (SSSR count). The summed E-state index contributed by atoms with van der Waals surface area (Å²) in [5.41, 5.74) is 0.500. The summed E-state index contributed by atoms with van der Waals surface area (Å²) in [6, 6.07) is 2.29. The Morgan fingerprint density at radius 3 is 2.84 bits per heavy atom. The van der Waals surface area contributed by atoms with Gasteiger partial charge in [0.15, 0.2) is 0 Å². The maximum Gasteiger partial charge on any atom is 0.230 e. The molecule has 0 unspecified atom stereocenters. The number of aliphatic carboxylic acids is 1. The molecule has 0 radical (unpaired) electrons. The van der Waals surface area contributed by atoms with Crippen LogP contribution in [0.4, 0.5) is 5.69 Å². The predicted molar refractivity (Wildman–Crippen MR) is 64.8 cm³/mol. The summed E-state index contributed by atoms with van der Waals surface area (Å²) in [6.45, 7) is 1.73. The fourth-order valence-electron chi connectivity index (χ4n) is 1.47. The van der Waals surface area contributed by atoms with Gasteiger partial charge in [-0.1, -0.05) is 0 Å². The van der Waals surface area contributed by atoms with Crippen molar-refractivity contribution >= 4 is 17.6 Å². The average molecular weight is 267 g/mol. The number of amides is 1. The number of carboxylic acids is 1. The summed E-state index contributed by atoms with van der Waals surface area (Å²) >= 11 is 0. The molecule has 0 spiro atoms. The second-order valence-corrected chi connectivity index (χ2v) is 4.24. The van der Waals surface area contributed by atoms with Gasteiger partial charge in [-0.3, -0.25) is 9.78 Å². The van der Waals surface area contributed by atoms with E-state index in [0.717, 1.165) is 0 Å². The SMILES string of the molecule is C[C@H](O)C[NH2+][C@@H](CC(=O)Nc1cccnc1)C(=O)[O-]. The molecule has 0 saturated carbocycles. The standard InChI is InChI=1S/C12H17N3O4/c1-8(16)6-14-10(12(18)19)5-11(17)15-9-3-2-4-13-7-9/h2-4,7-8,10,14,16H,5-6H2,1H3,(H,15,17)(H,18,19)/t8-,10-/m0/s1. The quantitative estimate of drug-likeness (QED) is 0.503. The van der Waals surface area contributed by atoms with Crippen molar-refractivity contribution in [3.05, 3.63) is 24.5 Å². The Morgan fingerprint density at radius 2 is 2.32 bits per heavy atom. The summed E-state index contributed by atoms with van der Waals surface area (Å²) in [5.74, 6) is -1.77. The molecule has 0 aliphatic carbocycles. The zero-order chi connectivity index (χ0) is 14.3. The molecule has 0 bridgehead atoms. The lowest BCUT2D eigenvalue weighted by molar-refractivity contribution is -0.687. The van der Waals surface area contributed by atoms with E-state index in [2.05, 4.69) is 10.3 Å². The van der Waals surface area contributed by atoms with E-state index in [-0.39, 0.29) is 13.0 Å². The van der Waals surface area contributed by atoms with Crippen molar-refractivity contribution < 1.29 is 25.1 Å². The molecule has 19 heavy (non-hydrogen) atoms. The highest BCUT2D eigenvalue weighted by atomic mass is 16.4. The van der Waals surface area contributed by atoms with Crippen molar-refractivity contribution in [2.45, 2.75) is 25.5 Å². The Labute approximate surface area is 110 Å². The van der Waals surface area contributed by atoms with Gasteiger partial charge in [-0.05, 0) is 19.1 Å². The number of pyridine rings is 1. The Hall–Kier alpha value is -1.99. The van der Waals surface area contributed by atoms with E-state index in [1.165, 1.54) is 11.5 Å². The number of nitrogens with one attached hydrogen (secondary N) is 1.